The van der Waals surface area contributed by atoms with Crippen LogP contribution in [0.1, 0.15) is 25.1 Å². The van der Waals surface area contributed by atoms with E-state index in [2.05, 4.69) is 28.3 Å². The van der Waals surface area contributed by atoms with E-state index in [1.807, 2.05) is 18.6 Å². The minimum atomic E-state index is -0.199. The van der Waals surface area contributed by atoms with Gasteiger partial charge < -0.3 is 9.30 Å². The van der Waals surface area contributed by atoms with E-state index in [1.165, 1.54) is 6.07 Å². The van der Waals surface area contributed by atoms with Crippen LogP contribution >= 0.6 is 0 Å². The Bertz CT molecular complexity index is 585. The molecule has 0 N–H and O–H groups in total. The first-order valence-electron chi connectivity index (χ1n) is 7.60. The number of hydrogen-bond acceptors (Lipinski definition) is 3. The van der Waals surface area contributed by atoms with Crippen molar-refractivity contribution < 1.29 is 9.13 Å². The number of imidazole rings is 1. The average Bonchev–Trinajstić information content (AvgIpc) is 2.94. The molecule has 0 bridgehead atoms. The monoisotopic (exact) mass is 305 g/mol. The second kappa shape index (κ2) is 8.06. The highest BCUT2D eigenvalue weighted by atomic mass is 19.1. The van der Waals surface area contributed by atoms with Crippen LogP contribution in [0.4, 0.5) is 4.39 Å². The van der Waals surface area contributed by atoms with E-state index >= 15 is 0 Å². The quantitative estimate of drug-likeness (QED) is 0.751. The Hall–Kier alpha value is -1.72. The summed E-state index contributed by atoms with van der Waals surface area (Å²) in [5.41, 5.74) is 2.12. The summed E-state index contributed by atoms with van der Waals surface area (Å²) in [7, 11) is 1.70. The minimum Gasteiger partial charge on any atom is -0.383 e. The highest BCUT2D eigenvalue weighted by molar-refractivity contribution is 5.16. The molecule has 0 saturated carbocycles. The molecule has 0 fully saturated rings. The van der Waals surface area contributed by atoms with Gasteiger partial charge in [0.1, 0.15) is 5.82 Å². The molecule has 1 atom stereocenters. The first kappa shape index (κ1) is 16.6. The zero-order valence-electron chi connectivity index (χ0n) is 13.5. The first-order valence-corrected chi connectivity index (χ1v) is 7.60. The average molecular weight is 305 g/mol. The molecule has 0 aliphatic rings. The summed E-state index contributed by atoms with van der Waals surface area (Å²) in [6.45, 7) is 7.18. The molecule has 1 heterocycles. The van der Waals surface area contributed by atoms with Crippen molar-refractivity contribution in [2.45, 2.75) is 39.5 Å². The molecule has 0 unspecified atom stereocenters. The van der Waals surface area contributed by atoms with Crippen LogP contribution in [0.25, 0.3) is 0 Å². The Morgan fingerprint density at radius 1 is 1.36 bits per heavy atom. The van der Waals surface area contributed by atoms with Gasteiger partial charge in [-0.25, -0.2) is 9.37 Å². The molecule has 4 nitrogen and oxygen atoms in total. The maximum absolute atomic E-state index is 13.4. The zero-order chi connectivity index (χ0) is 15.9. The van der Waals surface area contributed by atoms with Crippen LogP contribution in [0, 0.1) is 5.82 Å². The fraction of sp³-hybridized carbons (Fsp3) is 0.471. The molecule has 0 radical (unpaired) electrons. The largest absolute Gasteiger partial charge is 0.383 e. The lowest BCUT2D eigenvalue weighted by Crippen LogP contribution is -2.35. The molecular weight excluding hydrogens is 281 g/mol. The molecule has 0 saturated heterocycles. The second-order valence-electron chi connectivity index (χ2n) is 5.51. The normalized spacial score (nSPS) is 12.8. The molecular formula is C17H24FN3O. The van der Waals surface area contributed by atoms with Crippen molar-refractivity contribution in [3.05, 3.63) is 53.9 Å². The van der Waals surface area contributed by atoms with Crippen molar-refractivity contribution in [3.8, 4) is 0 Å². The van der Waals surface area contributed by atoms with E-state index < -0.39 is 0 Å². The lowest BCUT2D eigenvalue weighted by Gasteiger charge is -2.29. The van der Waals surface area contributed by atoms with Crippen molar-refractivity contribution in [2.24, 2.45) is 0 Å². The third kappa shape index (κ3) is 4.39. The van der Waals surface area contributed by atoms with Gasteiger partial charge in [0.2, 0.25) is 0 Å². The molecule has 1 aromatic carbocycles. The van der Waals surface area contributed by atoms with E-state index in [4.69, 9.17) is 4.74 Å². The van der Waals surface area contributed by atoms with E-state index in [1.54, 1.807) is 19.2 Å². The Morgan fingerprint density at radius 3 is 2.86 bits per heavy atom. The molecule has 5 heteroatoms. The summed E-state index contributed by atoms with van der Waals surface area (Å²) in [5, 5.41) is 0. The van der Waals surface area contributed by atoms with Gasteiger partial charge in [-0.3, -0.25) is 4.90 Å². The van der Waals surface area contributed by atoms with Crippen LogP contribution in [-0.2, 0) is 24.4 Å². The van der Waals surface area contributed by atoms with Crippen LogP contribution in [0.15, 0.2) is 36.8 Å². The molecule has 0 aliphatic heterocycles. The van der Waals surface area contributed by atoms with Crippen LogP contribution in [0.2, 0.25) is 0 Å². The Kier molecular flexibility index (Phi) is 6.10. The summed E-state index contributed by atoms with van der Waals surface area (Å²) in [6, 6.07) is 6.99. The van der Waals surface area contributed by atoms with Gasteiger partial charge in [-0.05, 0) is 31.5 Å². The van der Waals surface area contributed by atoms with E-state index in [0.717, 1.165) is 24.3 Å². The van der Waals surface area contributed by atoms with Crippen molar-refractivity contribution >= 4 is 0 Å². The van der Waals surface area contributed by atoms with Gasteiger partial charge in [-0.15, -0.1) is 0 Å². The lowest BCUT2D eigenvalue weighted by molar-refractivity contribution is 0.0878. The smallest absolute Gasteiger partial charge is 0.123 e. The maximum Gasteiger partial charge on any atom is 0.123 e. The third-order valence-corrected chi connectivity index (χ3v) is 3.81. The van der Waals surface area contributed by atoms with Gasteiger partial charge in [0.05, 0.1) is 18.6 Å². The van der Waals surface area contributed by atoms with Crippen LogP contribution < -0.4 is 0 Å². The molecule has 0 spiro atoms. The SMILES string of the molecule is CCn1cncc1CN(Cc1cccc(F)c1)[C@@H](C)COC. The minimum absolute atomic E-state index is 0.199. The van der Waals surface area contributed by atoms with E-state index in [0.29, 0.717) is 13.2 Å². The fourth-order valence-corrected chi connectivity index (χ4v) is 2.56. The third-order valence-electron chi connectivity index (χ3n) is 3.81. The highest BCUT2D eigenvalue weighted by Crippen LogP contribution is 2.14. The molecule has 2 rings (SSSR count). The molecule has 120 valence electrons. The Morgan fingerprint density at radius 2 is 2.18 bits per heavy atom. The predicted octanol–water partition coefficient (Wildman–Crippen LogP) is 3.08. The number of rotatable bonds is 8. The predicted molar refractivity (Wildman–Crippen MR) is 84.9 cm³/mol. The first-order chi connectivity index (χ1) is 10.6. The second-order valence-corrected chi connectivity index (χ2v) is 5.51. The number of halogens is 1. The Labute approximate surface area is 131 Å². The number of hydrogen-bond donors (Lipinski definition) is 0. The van der Waals surface area contributed by atoms with Crippen LogP contribution in [0.3, 0.4) is 0 Å². The lowest BCUT2D eigenvalue weighted by atomic mass is 10.1. The summed E-state index contributed by atoms with van der Waals surface area (Å²) in [5.74, 6) is -0.199. The molecule has 0 amide bonds. The number of nitrogens with zero attached hydrogens (tertiary/aromatic N) is 3. The molecule has 22 heavy (non-hydrogen) atoms. The summed E-state index contributed by atoms with van der Waals surface area (Å²) < 4.78 is 20.8. The van der Waals surface area contributed by atoms with Crippen molar-refractivity contribution in [1.29, 1.82) is 0 Å². The number of benzene rings is 1. The van der Waals surface area contributed by atoms with E-state index in [-0.39, 0.29) is 11.9 Å². The van der Waals surface area contributed by atoms with Crippen molar-refractivity contribution in [1.82, 2.24) is 14.5 Å². The van der Waals surface area contributed by atoms with Crippen molar-refractivity contribution in [3.63, 3.8) is 0 Å². The van der Waals surface area contributed by atoms with Gasteiger partial charge in [-0.1, -0.05) is 12.1 Å². The summed E-state index contributed by atoms with van der Waals surface area (Å²) in [6.07, 6.45) is 3.73. The maximum atomic E-state index is 13.4. The molecule has 2 aromatic rings. The van der Waals surface area contributed by atoms with Gasteiger partial charge in [0.25, 0.3) is 0 Å². The fourth-order valence-electron chi connectivity index (χ4n) is 2.56. The number of aromatic nitrogens is 2. The van der Waals surface area contributed by atoms with Gasteiger partial charge in [0.15, 0.2) is 0 Å². The van der Waals surface area contributed by atoms with Crippen molar-refractivity contribution in [2.75, 3.05) is 13.7 Å². The molecule has 0 aliphatic carbocycles. The number of aryl methyl sites for hydroxylation is 1. The highest BCUT2D eigenvalue weighted by Gasteiger charge is 2.17. The van der Waals surface area contributed by atoms with Gasteiger partial charge in [0, 0.05) is 39.0 Å². The standard InChI is InChI=1S/C17H24FN3O/c1-4-20-13-19-9-17(20)11-21(14(2)12-22-3)10-15-6-5-7-16(18)8-15/h5-9,13-14H,4,10-12H2,1-3H3/t14-/m0/s1. The van der Waals surface area contributed by atoms with Gasteiger partial charge >= 0.3 is 0 Å². The summed E-state index contributed by atoms with van der Waals surface area (Å²) in [4.78, 5) is 6.50. The van der Waals surface area contributed by atoms with E-state index in [9.17, 15) is 4.39 Å². The summed E-state index contributed by atoms with van der Waals surface area (Å²) >= 11 is 0. The zero-order valence-corrected chi connectivity index (χ0v) is 13.5. The number of methoxy groups -OCH3 is 1. The molecule has 1 aromatic heterocycles. The van der Waals surface area contributed by atoms with Crippen LogP contribution in [-0.4, -0.2) is 34.2 Å². The topological polar surface area (TPSA) is 30.3 Å². The number of ether oxygens (including phenoxy) is 1. The van der Waals surface area contributed by atoms with Crippen LogP contribution in [0.5, 0.6) is 0 Å². The Balaban J connectivity index is 2.15. The van der Waals surface area contributed by atoms with Gasteiger partial charge in [-0.2, -0.15) is 0 Å².